The molecule has 0 radical (unpaired) electrons. The van der Waals surface area contributed by atoms with E-state index < -0.39 is 0 Å². The second-order valence-electron chi connectivity index (χ2n) is 4.21. The molecule has 0 spiro atoms. The van der Waals surface area contributed by atoms with Gasteiger partial charge in [-0.3, -0.25) is 9.48 Å². The monoisotopic (exact) mass is 322 g/mol. The molecule has 2 rings (SSSR count). The minimum Gasteiger partial charge on any atom is -0.398 e. The Morgan fingerprint density at radius 3 is 2.89 bits per heavy atom. The number of anilines is 2. The van der Waals surface area contributed by atoms with Crippen LogP contribution in [-0.2, 0) is 13.5 Å². The predicted molar refractivity (Wildman–Crippen MR) is 79.1 cm³/mol. The maximum atomic E-state index is 12.1. The van der Waals surface area contributed by atoms with Crippen LogP contribution < -0.4 is 11.1 Å². The number of nitrogen functional groups attached to an aromatic ring is 1. The summed E-state index contributed by atoms with van der Waals surface area (Å²) in [5.74, 6) is -0.193. The van der Waals surface area contributed by atoms with Crippen LogP contribution in [0.5, 0.6) is 0 Å². The van der Waals surface area contributed by atoms with Crippen molar-refractivity contribution < 1.29 is 4.79 Å². The van der Waals surface area contributed by atoms with Crippen LogP contribution in [0.25, 0.3) is 0 Å². The maximum Gasteiger partial charge on any atom is 0.255 e. The van der Waals surface area contributed by atoms with Gasteiger partial charge in [0.25, 0.3) is 5.91 Å². The molecule has 0 unspecified atom stereocenters. The van der Waals surface area contributed by atoms with Crippen LogP contribution in [0.15, 0.2) is 28.9 Å². The van der Waals surface area contributed by atoms with Crippen molar-refractivity contribution in [3.05, 3.63) is 40.1 Å². The van der Waals surface area contributed by atoms with Gasteiger partial charge in [-0.15, -0.1) is 0 Å². The molecule has 0 aliphatic heterocycles. The largest absolute Gasteiger partial charge is 0.398 e. The Balaban J connectivity index is 2.22. The smallest absolute Gasteiger partial charge is 0.255 e. The van der Waals surface area contributed by atoms with Gasteiger partial charge in [0.05, 0.1) is 11.4 Å². The lowest BCUT2D eigenvalue weighted by molar-refractivity contribution is 0.102. The Hall–Kier alpha value is -1.82. The number of aromatic nitrogens is 2. The van der Waals surface area contributed by atoms with E-state index in [0.29, 0.717) is 11.3 Å². The first-order valence-electron chi connectivity index (χ1n) is 5.90. The number of nitrogens with one attached hydrogen (secondary N) is 1. The summed E-state index contributed by atoms with van der Waals surface area (Å²) in [5, 5.41) is 7.13. The van der Waals surface area contributed by atoms with Crippen molar-refractivity contribution in [2.45, 2.75) is 13.3 Å². The fourth-order valence-electron chi connectivity index (χ4n) is 1.78. The van der Waals surface area contributed by atoms with Gasteiger partial charge in [-0.25, -0.2) is 0 Å². The van der Waals surface area contributed by atoms with Crippen LogP contribution in [0.4, 0.5) is 11.4 Å². The number of carbonyl (C=O) groups is 1. The highest BCUT2D eigenvalue weighted by molar-refractivity contribution is 9.10. The van der Waals surface area contributed by atoms with Crippen molar-refractivity contribution in [1.82, 2.24) is 9.78 Å². The Morgan fingerprint density at radius 2 is 2.26 bits per heavy atom. The van der Waals surface area contributed by atoms with Gasteiger partial charge in [-0.1, -0.05) is 6.92 Å². The molecule has 0 fully saturated rings. The van der Waals surface area contributed by atoms with E-state index in [1.807, 2.05) is 14.0 Å². The molecule has 5 nitrogen and oxygen atoms in total. The van der Waals surface area contributed by atoms with Crippen LogP contribution in [0.3, 0.4) is 0 Å². The summed E-state index contributed by atoms with van der Waals surface area (Å²) >= 11 is 3.30. The number of hydrogen-bond acceptors (Lipinski definition) is 3. The first kappa shape index (κ1) is 13.6. The fourth-order valence-corrected chi connectivity index (χ4v) is 2.03. The third-order valence-corrected chi connectivity index (χ3v) is 3.47. The molecule has 19 heavy (non-hydrogen) atoms. The van der Waals surface area contributed by atoms with E-state index in [0.717, 1.165) is 22.3 Å². The quantitative estimate of drug-likeness (QED) is 0.853. The Morgan fingerprint density at radius 1 is 1.53 bits per heavy atom. The molecule has 3 N–H and O–H groups in total. The van der Waals surface area contributed by atoms with E-state index in [2.05, 4.69) is 26.3 Å². The average molecular weight is 323 g/mol. The minimum absolute atomic E-state index is 0.193. The van der Waals surface area contributed by atoms with Gasteiger partial charge < -0.3 is 11.1 Å². The number of aryl methyl sites for hydroxylation is 2. The zero-order valence-electron chi connectivity index (χ0n) is 10.8. The lowest BCUT2D eigenvalue weighted by Crippen LogP contribution is -2.13. The van der Waals surface area contributed by atoms with Gasteiger partial charge in [-0.2, -0.15) is 5.10 Å². The van der Waals surface area contributed by atoms with E-state index in [1.165, 1.54) is 0 Å². The van der Waals surface area contributed by atoms with Crippen molar-refractivity contribution in [2.24, 2.45) is 7.05 Å². The van der Waals surface area contributed by atoms with Crippen molar-refractivity contribution in [1.29, 1.82) is 0 Å². The normalized spacial score (nSPS) is 10.5. The van der Waals surface area contributed by atoms with E-state index in [1.54, 1.807) is 29.1 Å². The number of nitrogens with two attached hydrogens (primary N) is 1. The SMILES string of the molecule is CCc1nn(C)cc1NC(=O)c1ccc(Br)c(N)c1. The minimum atomic E-state index is -0.193. The molecule has 1 amide bonds. The number of benzene rings is 1. The second-order valence-corrected chi connectivity index (χ2v) is 5.06. The van der Waals surface area contributed by atoms with Gasteiger partial charge >= 0.3 is 0 Å². The molecule has 100 valence electrons. The van der Waals surface area contributed by atoms with Gasteiger partial charge in [0.1, 0.15) is 0 Å². The number of hydrogen-bond donors (Lipinski definition) is 2. The number of carbonyl (C=O) groups excluding carboxylic acids is 1. The van der Waals surface area contributed by atoms with Crippen LogP contribution in [0.2, 0.25) is 0 Å². The molecule has 0 saturated carbocycles. The summed E-state index contributed by atoms with van der Waals surface area (Å²) in [7, 11) is 1.83. The van der Waals surface area contributed by atoms with E-state index in [-0.39, 0.29) is 5.91 Å². The molecule has 0 bridgehead atoms. The summed E-state index contributed by atoms with van der Waals surface area (Å²) < 4.78 is 2.46. The third-order valence-electron chi connectivity index (χ3n) is 2.75. The molecule has 0 saturated heterocycles. The molecule has 6 heteroatoms. The van der Waals surface area contributed by atoms with Gasteiger partial charge in [-0.05, 0) is 40.5 Å². The molecule has 0 atom stereocenters. The summed E-state index contributed by atoms with van der Waals surface area (Å²) in [6, 6.07) is 5.12. The zero-order valence-corrected chi connectivity index (χ0v) is 12.4. The first-order chi connectivity index (χ1) is 9.01. The van der Waals surface area contributed by atoms with Crippen molar-refractivity contribution in [2.75, 3.05) is 11.1 Å². The highest BCUT2D eigenvalue weighted by atomic mass is 79.9. The van der Waals surface area contributed by atoms with E-state index in [9.17, 15) is 4.79 Å². The Bertz CT molecular complexity index is 621. The predicted octanol–water partition coefficient (Wildman–Crippen LogP) is 2.58. The van der Waals surface area contributed by atoms with Crippen molar-refractivity contribution in [3.8, 4) is 0 Å². The summed E-state index contributed by atoms with van der Waals surface area (Å²) in [5.41, 5.74) is 8.42. The molecule has 0 aliphatic carbocycles. The zero-order chi connectivity index (χ0) is 14.0. The van der Waals surface area contributed by atoms with Crippen LogP contribution >= 0.6 is 15.9 Å². The first-order valence-corrected chi connectivity index (χ1v) is 6.69. The molecule has 1 aromatic heterocycles. The molecule has 1 heterocycles. The molecular weight excluding hydrogens is 308 g/mol. The van der Waals surface area contributed by atoms with E-state index in [4.69, 9.17) is 5.73 Å². The second kappa shape index (κ2) is 5.44. The standard InChI is InChI=1S/C13H15BrN4O/c1-3-11-12(7-18(2)17-11)16-13(19)8-4-5-9(14)10(15)6-8/h4-7H,3,15H2,1-2H3,(H,16,19). The highest BCUT2D eigenvalue weighted by Gasteiger charge is 2.12. The summed E-state index contributed by atoms with van der Waals surface area (Å²) in [6.45, 7) is 2.00. The van der Waals surface area contributed by atoms with Gasteiger partial charge in [0.15, 0.2) is 0 Å². The van der Waals surface area contributed by atoms with Crippen LogP contribution in [-0.4, -0.2) is 15.7 Å². The Labute approximate surface area is 119 Å². The maximum absolute atomic E-state index is 12.1. The number of rotatable bonds is 3. The van der Waals surface area contributed by atoms with Gasteiger partial charge in [0, 0.05) is 29.0 Å². The molecular formula is C13H15BrN4O. The number of halogens is 1. The number of nitrogens with zero attached hydrogens (tertiary/aromatic N) is 2. The van der Waals surface area contributed by atoms with Crippen molar-refractivity contribution in [3.63, 3.8) is 0 Å². The van der Waals surface area contributed by atoms with Crippen molar-refractivity contribution >= 4 is 33.2 Å². The lowest BCUT2D eigenvalue weighted by Gasteiger charge is -2.06. The average Bonchev–Trinajstić information content (AvgIpc) is 2.72. The lowest BCUT2D eigenvalue weighted by atomic mass is 10.2. The molecule has 0 aliphatic rings. The topological polar surface area (TPSA) is 72.9 Å². The number of amides is 1. The summed E-state index contributed by atoms with van der Waals surface area (Å²) in [4.78, 5) is 12.1. The molecule has 2 aromatic rings. The Kier molecular flexibility index (Phi) is 3.90. The summed E-state index contributed by atoms with van der Waals surface area (Å²) in [6.07, 6.45) is 2.55. The third kappa shape index (κ3) is 2.96. The molecule has 1 aromatic carbocycles. The fraction of sp³-hybridized carbons (Fsp3) is 0.231. The highest BCUT2D eigenvalue weighted by Crippen LogP contribution is 2.21. The van der Waals surface area contributed by atoms with Crippen LogP contribution in [0.1, 0.15) is 23.0 Å². The van der Waals surface area contributed by atoms with Gasteiger partial charge in [0.2, 0.25) is 0 Å². The van der Waals surface area contributed by atoms with E-state index >= 15 is 0 Å². The van der Waals surface area contributed by atoms with Crippen LogP contribution in [0, 0.1) is 0 Å².